The summed E-state index contributed by atoms with van der Waals surface area (Å²) in [6.07, 6.45) is 1.43. The van der Waals surface area contributed by atoms with Crippen LogP contribution >= 0.6 is 0 Å². The molecule has 0 saturated carbocycles. The van der Waals surface area contributed by atoms with E-state index >= 15 is 0 Å². The molecule has 3 aromatic rings. The van der Waals surface area contributed by atoms with Gasteiger partial charge in [-0.05, 0) is 55.0 Å². The standard InChI is InChI=1S/C25H22N2O7/c1-2-30-20-8-3-4-9-21(20)31-15-24(28)27-26-14-17-6-5-7-19(12-17)34-25(29)18-10-11-22-23(13-18)33-16-32-22/h3-14H,2,15-16H2,1H3,(H,27,28). The van der Waals surface area contributed by atoms with Crippen molar-refractivity contribution in [2.24, 2.45) is 5.10 Å². The van der Waals surface area contributed by atoms with Crippen LogP contribution in [0.2, 0.25) is 0 Å². The minimum absolute atomic E-state index is 0.123. The fraction of sp³-hybridized carbons (Fsp3) is 0.160. The molecule has 0 radical (unpaired) electrons. The topological polar surface area (TPSA) is 105 Å². The largest absolute Gasteiger partial charge is 0.490 e. The van der Waals surface area contributed by atoms with Gasteiger partial charge in [-0.3, -0.25) is 4.79 Å². The van der Waals surface area contributed by atoms with Crippen LogP contribution in [-0.2, 0) is 4.79 Å². The number of esters is 1. The summed E-state index contributed by atoms with van der Waals surface area (Å²) in [6, 6.07) is 18.7. The van der Waals surface area contributed by atoms with E-state index < -0.39 is 11.9 Å². The lowest BCUT2D eigenvalue weighted by Gasteiger charge is -2.10. The molecular formula is C25H22N2O7. The average Bonchev–Trinajstić information content (AvgIpc) is 3.32. The molecule has 0 aromatic heterocycles. The lowest BCUT2D eigenvalue weighted by Crippen LogP contribution is -2.24. The van der Waals surface area contributed by atoms with Crippen LogP contribution in [0.5, 0.6) is 28.7 Å². The Balaban J connectivity index is 1.29. The molecule has 174 valence electrons. The third-order valence-corrected chi connectivity index (χ3v) is 4.59. The van der Waals surface area contributed by atoms with E-state index in [-0.39, 0.29) is 13.4 Å². The average molecular weight is 462 g/mol. The third-order valence-electron chi connectivity index (χ3n) is 4.59. The molecule has 1 amide bonds. The molecule has 1 heterocycles. The molecule has 9 heteroatoms. The van der Waals surface area contributed by atoms with E-state index in [1.54, 1.807) is 60.7 Å². The van der Waals surface area contributed by atoms with Gasteiger partial charge in [0.05, 0.1) is 18.4 Å². The van der Waals surface area contributed by atoms with Gasteiger partial charge in [0.2, 0.25) is 6.79 Å². The van der Waals surface area contributed by atoms with Gasteiger partial charge in [-0.25, -0.2) is 10.2 Å². The Bertz CT molecular complexity index is 1210. The highest BCUT2D eigenvalue weighted by molar-refractivity contribution is 5.92. The first-order chi connectivity index (χ1) is 16.6. The highest BCUT2D eigenvalue weighted by Crippen LogP contribution is 2.32. The van der Waals surface area contributed by atoms with Crippen molar-refractivity contribution in [1.82, 2.24) is 5.43 Å². The zero-order chi connectivity index (χ0) is 23.8. The van der Waals surface area contributed by atoms with Crippen LogP contribution in [0.4, 0.5) is 0 Å². The first kappa shape index (κ1) is 22.7. The number of ether oxygens (including phenoxy) is 5. The zero-order valence-corrected chi connectivity index (χ0v) is 18.4. The molecule has 3 aromatic carbocycles. The number of benzene rings is 3. The number of carbonyl (C=O) groups is 2. The summed E-state index contributed by atoms with van der Waals surface area (Å²) in [5.74, 6) is 1.47. The first-order valence-corrected chi connectivity index (χ1v) is 10.5. The maximum absolute atomic E-state index is 12.5. The van der Waals surface area contributed by atoms with Crippen molar-refractivity contribution in [3.05, 3.63) is 77.9 Å². The molecule has 0 unspecified atom stereocenters. The van der Waals surface area contributed by atoms with Gasteiger partial charge in [-0.1, -0.05) is 24.3 Å². The molecule has 0 bridgehead atoms. The summed E-state index contributed by atoms with van der Waals surface area (Å²) in [7, 11) is 0. The predicted octanol–water partition coefficient (Wildman–Crippen LogP) is 3.56. The molecule has 0 fully saturated rings. The summed E-state index contributed by atoms with van der Waals surface area (Å²) in [5, 5.41) is 3.92. The fourth-order valence-electron chi connectivity index (χ4n) is 3.05. The molecule has 0 saturated heterocycles. The number of hydrogen-bond acceptors (Lipinski definition) is 8. The zero-order valence-electron chi connectivity index (χ0n) is 18.4. The Morgan fingerprint density at radius 2 is 1.76 bits per heavy atom. The monoisotopic (exact) mass is 462 g/mol. The van der Waals surface area contributed by atoms with Crippen molar-refractivity contribution in [3.8, 4) is 28.7 Å². The van der Waals surface area contributed by atoms with Crippen LogP contribution in [0, 0.1) is 0 Å². The van der Waals surface area contributed by atoms with Crippen LogP contribution in [0.15, 0.2) is 71.8 Å². The highest BCUT2D eigenvalue weighted by Gasteiger charge is 2.17. The van der Waals surface area contributed by atoms with Crippen molar-refractivity contribution in [2.45, 2.75) is 6.92 Å². The fourth-order valence-corrected chi connectivity index (χ4v) is 3.05. The van der Waals surface area contributed by atoms with E-state index in [9.17, 15) is 9.59 Å². The van der Waals surface area contributed by atoms with Gasteiger partial charge in [0.15, 0.2) is 29.6 Å². The van der Waals surface area contributed by atoms with Gasteiger partial charge in [-0.15, -0.1) is 0 Å². The second-order valence-electron chi connectivity index (χ2n) is 6.99. The Kier molecular flexibility index (Phi) is 7.24. The van der Waals surface area contributed by atoms with Crippen molar-refractivity contribution in [1.29, 1.82) is 0 Å². The minimum atomic E-state index is -0.537. The van der Waals surface area contributed by atoms with Crippen LogP contribution in [0.3, 0.4) is 0 Å². The number of carbonyl (C=O) groups excluding carboxylic acids is 2. The Labute approximate surface area is 195 Å². The number of fused-ring (bicyclic) bond motifs is 1. The third kappa shape index (κ3) is 5.83. The normalized spacial score (nSPS) is 11.8. The Hall–Kier alpha value is -4.53. The molecular weight excluding hydrogens is 440 g/mol. The number of nitrogens with zero attached hydrogens (tertiary/aromatic N) is 1. The summed E-state index contributed by atoms with van der Waals surface area (Å²) < 4.78 is 26.9. The second-order valence-corrected chi connectivity index (χ2v) is 6.99. The van der Waals surface area contributed by atoms with Gasteiger partial charge < -0.3 is 23.7 Å². The second kappa shape index (κ2) is 10.9. The SMILES string of the molecule is CCOc1ccccc1OCC(=O)NN=Cc1cccc(OC(=O)c2ccc3c(c2)OCO3)c1. The van der Waals surface area contributed by atoms with Crippen LogP contribution in [-0.4, -0.2) is 38.1 Å². The maximum Gasteiger partial charge on any atom is 0.343 e. The lowest BCUT2D eigenvalue weighted by atomic mass is 10.2. The predicted molar refractivity (Wildman–Crippen MR) is 123 cm³/mol. The van der Waals surface area contributed by atoms with Crippen LogP contribution < -0.4 is 29.1 Å². The van der Waals surface area contributed by atoms with Crippen LogP contribution in [0.1, 0.15) is 22.8 Å². The summed E-state index contributed by atoms with van der Waals surface area (Å²) in [4.78, 5) is 24.5. The number of nitrogens with one attached hydrogen (secondary N) is 1. The highest BCUT2D eigenvalue weighted by atomic mass is 16.7. The van der Waals surface area contributed by atoms with Gasteiger partial charge in [0.25, 0.3) is 5.91 Å². The molecule has 1 aliphatic rings. The number of amides is 1. The number of hydrogen-bond donors (Lipinski definition) is 1. The van der Waals surface area contributed by atoms with Crippen LogP contribution in [0.25, 0.3) is 0 Å². The molecule has 1 N–H and O–H groups in total. The minimum Gasteiger partial charge on any atom is -0.490 e. The summed E-state index contributed by atoms with van der Waals surface area (Å²) in [6.45, 7) is 2.25. The van der Waals surface area contributed by atoms with E-state index in [1.165, 1.54) is 6.21 Å². The van der Waals surface area contributed by atoms with Gasteiger partial charge in [0, 0.05) is 0 Å². The molecule has 1 aliphatic heterocycles. The first-order valence-electron chi connectivity index (χ1n) is 10.5. The van der Waals surface area contributed by atoms with Gasteiger partial charge in [-0.2, -0.15) is 5.10 Å². The Morgan fingerprint density at radius 3 is 2.59 bits per heavy atom. The smallest absolute Gasteiger partial charge is 0.343 e. The van der Waals surface area contributed by atoms with Crippen molar-refractivity contribution >= 4 is 18.1 Å². The van der Waals surface area contributed by atoms with Gasteiger partial charge in [0.1, 0.15) is 5.75 Å². The van der Waals surface area contributed by atoms with Crippen molar-refractivity contribution in [3.63, 3.8) is 0 Å². The molecule has 34 heavy (non-hydrogen) atoms. The van der Waals surface area contributed by atoms with E-state index in [0.717, 1.165) is 0 Å². The lowest BCUT2D eigenvalue weighted by molar-refractivity contribution is -0.123. The molecule has 0 aliphatic carbocycles. The molecule has 9 nitrogen and oxygen atoms in total. The van der Waals surface area contributed by atoms with E-state index in [2.05, 4.69) is 10.5 Å². The number of rotatable bonds is 9. The van der Waals surface area contributed by atoms with E-state index in [4.69, 9.17) is 23.7 Å². The quantitative estimate of drug-likeness (QED) is 0.224. The number of para-hydroxylation sites is 2. The number of hydrazone groups is 1. The molecule has 4 rings (SSSR count). The van der Waals surface area contributed by atoms with Gasteiger partial charge >= 0.3 is 5.97 Å². The van der Waals surface area contributed by atoms with Crippen molar-refractivity contribution < 1.29 is 33.3 Å². The van der Waals surface area contributed by atoms with E-state index in [0.29, 0.717) is 46.5 Å². The molecule has 0 spiro atoms. The maximum atomic E-state index is 12.5. The van der Waals surface area contributed by atoms with E-state index in [1.807, 2.05) is 13.0 Å². The van der Waals surface area contributed by atoms with Crippen molar-refractivity contribution in [2.75, 3.05) is 20.0 Å². The summed E-state index contributed by atoms with van der Waals surface area (Å²) >= 11 is 0. The Morgan fingerprint density at radius 1 is 0.971 bits per heavy atom. The summed E-state index contributed by atoms with van der Waals surface area (Å²) in [5.41, 5.74) is 3.35. The molecule has 0 atom stereocenters.